The van der Waals surface area contributed by atoms with Gasteiger partial charge in [0.05, 0.1) is 18.6 Å². The van der Waals surface area contributed by atoms with Crippen LogP contribution in [0.25, 0.3) is 0 Å². The van der Waals surface area contributed by atoms with E-state index in [1.54, 1.807) is 6.07 Å². The molecule has 0 bridgehead atoms. The van der Waals surface area contributed by atoms with Crippen molar-refractivity contribution in [1.29, 1.82) is 0 Å². The minimum Gasteiger partial charge on any atom is -0.496 e. The van der Waals surface area contributed by atoms with Crippen molar-refractivity contribution in [1.82, 2.24) is 0 Å². The van der Waals surface area contributed by atoms with Crippen molar-refractivity contribution in [2.45, 2.75) is 19.3 Å². The summed E-state index contributed by atoms with van der Waals surface area (Å²) >= 11 is 4.08. The molecule has 0 heterocycles. The first kappa shape index (κ1) is 16.4. The Bertz CT molecular complexity index is 486. The molecule has 20 heavy (non-hydrogen) atoms. The summed E-state index contributed by atoms with van der Waals surface area (Å²) in [5.74, 6) is -1.38. The molecule has 2 N–H and O–H groups in total. The zero-order chi connectivity index (χ0) is 15.1. The molecule has 0 saturated heterocycles. The second kappa shape index (κ2) is 7.79. The van der Waals surface area contributed by atoms with Crippen molar-refractivity contribution in [2.24, 2.45) is 5.92 Å². The molecule has 0 fully saturated rings. The van der Waals surface area contributed by atoms with E-state index in [0.717, 1.165) is 0 Å². The van der Waals surface area contributed by atoms with Crippen molar-refractivity contribution in [3.05, 3.63) is 29.3 Å². The average molecular weight is 298 g/mol. The molecule has 0 aliphatic carbocycles. The lowest BCUT2D eigenvalue weighted by Gasteiger charge is -2.15. The van der Waals surface area contributed by atoms with Gasteiger partial charge in [-0.15, -0.1) is 0 Å². The Morgan fingerprint density at radius 1 is 1.35 bits per heavy atom. The molecule has 5 nitrogen and oxygen atoms in total. The van der Waals surface area contributed by atoms with Crippen LogP contribution >= 0.6 is 12.6 Å². The van der Waals surface area contributed by atoms with Crippen molar-refractivity contribution in [2.75, 3.05) is 12.9 Å². The van der Waals surface area contributed by atoms with Crippen molar-refractivity contribution >= 4 is 24.6 Å². The lowest BCUT2D eigenvalue weighted by Crippen LogP contribution is -2.17. The first-order valence-electron chi connectivity index (χ1n) is 6.23. The second-order valence-electron chi connectivity index (χ2n) is 4.44. The van der Waals surface area contributed by atoms with Crippen LogP contribution in [-0.4, -0.2) is 35.0 Å². The predicted octanol–water partition coefficient (Wildman–Crippen LogP) is 2.35. The molecule has 1 atom stereocenters. The number of thiol groups is 1. The van der Waals surface area contributed by atoms with E-state index < -0.39 is 17.9 Å². The van der Waals surface area contributed by atoms with Crippen LogP contribution in [0.5, 0.6) is 5.75 Å². The minimum absolute atomic E-state index is 0.124. The average Bonchev–Trinajstić information content (AvgIpc) is 2.42. The number of carboxylic acids is 2. The third kappa shape index (κ3) is 4.45. The fraction of sp³-hybridized carbons (Fsp3) is 0.429. The predicted molar refractivity (Wildman–Crippen MR) is 77.9 cm³/mol. The highest BCUT2D eigenvalue weighted by Gasteiger charge is 2.20. The molecule has 0 saturated carbocycles. The van der Waals surface area contributed by atoms with Gasteiger partial charge in [0, 0.05) is 0 Å². The standard InChI is InChI=1S/C14H18O5S/c1-19-12-5-4-10(14(17)18)8-11(12)7-9(13(15)16)3-2-6-20/h4-5,8-9,20H,2-3,6-7H2,1H3,(H,15,16)(H,17,18). The van der Waals surface area contributed by atoms with Gasteiger partial charge in [-0.05, 0) is 48.8 Å². The molecule has 0 aliphatic rings. The zero-order valence-corrected chi connectivity index (χ0v) is 12.1. The van der Waals surface area contributed by atoms with E-state index in [4.69, 9.17) is 9.84 Å². The van der Waals surface area contributed by atoms with Gasteiger partial charge in [-0.3, -0.25) is 4.79 Å². The third-order valence-corrected chi connectivity index (χ3v) is 3.37. The van der Waals surface area contributed by atoms with Crippen molar-refractivity contribution in [3.63, 3.8) is 0 Å². The Hall–Kier alpha value is -1.69. The van der Waals surface area contributed by atoms with E-state index in [1.807, 2.05) is 0 Å². The van der Waals surface area contributed by atoms with E-state index in [2.05, 4.69) is 12.6 Å². The summed E-state index contributed by atoms with van der Waals surface area (Å²) in [6.45, 7) is 0. The molecule has 1 unspecified atom stereocenters. The van der Waals surface area contributed by atoms with Gasteiger partial charge < -0.3 is 14.9 Å². The summed E-state index contributed by atoms with van der Waals surface area (Å²) in [6, 6.07) is 4.46. The maximum atomic E-state index is 11.2. The Morgan fingerprint density at radius 3 is 2.55 bits per heavy atom. The van der Waals surface area contributed by atoms with Crippen LogP contribution in [0.1, 0.15) is 28.8 Å². The molecule has 0 amide bonds. The molecule has 0 spiro atoms. The van der Waals surface area contributed by atoms with Gasteiger partial charge in [0.25, 0.3) is 0 Å². The highest BCUT2D eigenvalue weighted by molar-refractivity contribution is 7.80. The summed E-state index contributed by atoms with van der Waals surface area (Å²) < 4.78 is 5.16. The molecule has 110 valence electrons. The molecule has 0 aliphatic heterocycles. The molecule has 0 radical (unpaired) electrons. The van der Waals surface area contributed by atoms with E-state index >= 15 is 0 Å². The molecule has 1 aromatic rings. The number of hydrogen-bond donors (Lipinski definition) is 3. The molecular weight excluding hydrogens is 280 g/mol. The number of ether oxygens (including phenoxy) is 1. The van der Waals surface area contributed by atoms with Crippen LogP contribution in [0.2, 0.25) is 0 Å². The van der Waals surface area contributed by atoms with Crippen LogP contribution in [0.4, 0.5) is 0 Å². The van der Waals surface area contributed by atoms with E-state index in [-0.39, 0.29) is 12.0 Å². The van der Waals surface area contributed by atoms with Crippen molar-refractivity contribution < 1.29 is 24.5 Å². The molecule has 6 heteroatoms. The Balaban J connectivity index is 2.99. The summed E-state index contributed by atoms with van der Waals surface area (Å²) in [5.41, 5.74) is 0.720. The highest BCUT2D eigenvalue weighted by Crippen LogP contribution is 2.25. The van der Waals surface area contributed by atoms with Crippen LogP contribution in [0.15, 0.2) is 18.2 Å². The van der Waals surface area contributed by atoms with Gasteiger partial charge in [0.2, 0.25) is 0 Å². The van der Waals surface area contributed by atoms with Crippen LogP contribution in [0, 0.1) is 5.92 Å². The fourth-order valence-electron chi connectivity index (χ4n) is 1.99. The Morgan fingerprint density at radius 2 is 2.05 bits per heavy atom. The molecule has 1 rings (SSSR count). The smallest absolute Gasteiger partial charge is 0.335 e. The topological polar surface area (TPSA) is 83.8 Å². The van der Waals surface area contributed by atoms with Gasteiger partial charge in [-0.1, -0.05) is 0 Å². The minimum atomic E-state index is -1.05. The fourth-order valence-corrected chi connectivity index (χ4v) is 2.17. The van der Waals surface area contributed by atoms with E-state index in [1.165, 1.54) is 19.2 Å². The first-order valence-corrected chi connectivity index (χ1v) is 6.86. The number of rotatable bonds is 8. The Kier molecular flexibility index (Phi) is 6.38. The number of carboxylic acid groups (broad SMARTS) is 2. The van der Waals surface area contributed by atoms with Gasteiger partial charge in [0.15, 0.2) is 0 Å². The zero-order valence-electron chi connectivity index (χ0n) is 11.2. The molecule has 1 aromatic carbocycles. The maximum Gasteiger partial charge on any atom is 0.335 e. The largest absolute Gasteiger partial charge is 0.496 e. The monoisotopic (exact) mass is 298 g/mol. The maximum absolute atomic E-state index is 11.2. The van der Waals surface area contributed by atoms with Crippen LogP contribution in [-0.2, 0) is 11.2 Å². The number of benzene rings is 1. The SMILES string of the molecule is COc1ccc(C(=O)O)cc1CC(CCCS)C(=O)O. The second-order valence-corrected chi connectivity index (χ2v) is 4.88. The van der Waals surface area contributed by atoms with Gasteiger partial charge >= 0.3 is 11.9 Å². The summed E-state index contributed by atoms with van der Waals surface area (Å²) in [6.07, 6.45) is 1.44. The summed E-state index contributed by atoms with van der Waals surface area (Å²) in [5, 5.41) is 18.2. The molecular formula is C14H18O5S. The van der Waals surface area contributed by atoms with Gasteiger partial charge in [0.1, 0.15) is 5.75 Å². The lowest BCUT2D eigenvalue weighted by atomic mass is 9.93. The summed E-state index contributed by atoms with van der Waals surface area (Å²) in [4.78, 5) is 22.2. The number of carbonyl (C=O) groups is 2. The molecule has 0 aromatic heterocycles. The number of hydrogen-bond acceptors (Lipinski definition) is 4. The Labute approximate surface area is 123 Å². The number of aliphatic carboxylic acids is 1. The summed E-state index contributed by atoms with van der Waals surface area (Å²) in [7, 11) is 1.47. The normalized spacial score (nSPS) is 11.9. The highest BCUT2D eigenvalue weighted by atomic mass is 32.1. The van der Waals surface area contributed by atoms with Crippen LogP contribution in [0.3, 0.4) is 0 Å². The van der Waals surface area contributed by atoms with Crippen LogP contribution < -0.4 is 4.74 Å². The first-order chi connectivity index (χ1) is 9.49. The van der Waals surface area contributed by atoms with Gasteiger partial charge in [-0.25, -0.2) is 4.79 Å². The van der Waals surface area contributed by atoms with Gasteiger partial charge in [-0.2, -0.15) is 12.6 Å². The quantitative estimate of drug-likeness (QED) is 0.642. The number of aromatic carboxylic acids is 1. The lowest BCUT2D eigenvalue weighted by molar-refractivity contribution is -0.141. The number of methoxy groups -OCH3 is 1. The van der Waals surface area contributed by atoms with Crippen molar-refractivity contribution in [3.8, 4) is 5.75 Å². The van der Waals surface area contributed by atoms with E-state index in [0.29, 0.717) is 29.9 Å². The van der Waals surface area contributed by atoms with E-state index in [9.17, 15) is 14.7 Å². The third-order valence-electron chi connectivity index (χ3n) is 3.05.